The van der Waals surface area contributed by atoms with Gasteiger partial charge in [-0.1, -0.05) is 6.07 Å². The number of carboxylic acids is 1. The molecule has 1 aromatic heterocycles. The summed E-state index contributed by atoms with van der Waals surface area (Å²) in [5.74, 6) is -1.08. The third-order valence-electron chi connectivity index (χ3n) is 2.86. The molecule has 0 atom stereocenters. The minimum absolute atomic E-state index is 0.0233. The van der Waals surface area contributed by atoms with Crippen LogP contribution in [0.3, 0.4) is 0 Å². The molecule has 0 saturated carbocycles. The van der Waals surface area contributed by atoms with Crippen LogP contribution in [0, 0.1) is 5.82 Å². The molecule has 0 amide bonds. The second-order valence-electron chi connectivity index (χ2n) is 4.16. The maximum absolute atomic E-state index is 13.3. The maximum atomic E-state index is 13.3. The molecule has 2 aromatic rings. The van der Waals surface area contributed by atoms with E-state index in [4.69, 9.17) is 10.8 Å². The molecule has 5 nitrogen and oxygen atoms in total. The Labute approximate surface area is 115 Å². The largest absolute Gasteiger partial charge is 0.478 e. The van der Waals surface area contributed by atoms with Gasteiger partial charge in [0.25, 0.3) is 0 Å². The Morgan fingerprint density at radius 2 is 2.20 bits per heavy atom. The lowest BCUT2D eigenvalue weighted by molar-refractivity contribution is 0.0698. The zero-order valence-corrected chi connectivity index (χ0v) is 10.9. The summed E-state index contributed by atoms with van der Waals surface area (Å²) in [6.07, 6.45) is 1.29. The highest BCUT2D eigenvalue weighted by atomic mass is 19.1. The summed E-state index contributed by atoms with van der Waals surface area (Å²) in [4.78, 5) is 16.9. The third kappa shape index (κ3) is 2.69. The second kappa shape index (κ2) is 5.56. The first-order valence-electron chi connectivity index (χ1n) is 6.05. The van der Waals surface area contributed by atoms with Gasteiger partial charge in [0.2, 0.25) is 0 Å². The second-order valence-corrected chi connectivity index (χ2v) is 4.16. The number of aromatic carboxylic acids is 1. The molecule has 20 heavy (non-hydrogen) atoms. The van der Waals surface area contributed by atoms with Crippen LogP contribution in [0.1, 0.15) is 17.3 Å². The van der Waals surface area contributed by atoms with Gasteiger partial charge in [0.1, 0.15) is 11.6 Å². The minimum Gasteiger partial charge on any atom is -0.478 e. The van der Waals surface area contributed by atoms with E-state index in [0.29, 0.717) is 18.1 Å². The molecule has 0 fully saturated rings. The smallest absolute Gasteiger partial charge is 0.337 e. The summed E-state index contributed by atoms with van der Waals surface area (Å²) in [6, 6.07) is 7.40. The number of nitrogen functional groups attached to an aromatic ring is 1. The van der Waals surface area contributed by atoms with Crippen LogP contribution in [0.15, 0.2) is 36.5 Å². The van der Waals surface area contributed by atoms with Gasteiger partial charge >= 0.3 is 5.97 Å². The number of halogens is 1. The summed E-state index contributed by atoms with van der Waals surface area (Å²) >= 11 is 0. The van der Waals surface area contributed by atoms with Crippen molar-refractivity contribution in [3.05, 3.63) is 47.9 Å². The van der Waals surface area contributed by atoms with Crippen LogP contribution in [-0.4, -0.2) is 22.6 Å². The van der Waals surface area contributed by atoms with Crippen LogP contribution in [0.2, 0.25) is 0 Å². The average molecular weight is 275 g/mol. The number of carboxylic acid groups (broad SMARTS) is 1. The van der Waals surface area contributed by atoms with Crippen molar-refractivity contribution < 1.29 is 14.3 Å². The molecule has 0 radical (unpaired) electrons. The van der Waals surface area contributed by atoms with Crippen LogP contribution < -0.4 is 10.6 Å². The van der Waals surface area contributed by atoms with E-state index >= 15 is 0 Å². The summed E-state index contributed by atoms with van der Waals surface area (Å²) in [7, 11) is 0. The van der Waals surface area contributed by atoms with E-state index in [1.807, 2.05) is 6.92 Å². The van der Waals surface area contributed by atoms with E-state index in [0.717, 1.165) is 0 Å². The van der Waals surface area contributed by atoms with Crippen molar-refractivity contribution in [2.75, 3.05) is 17.2 Å². The van der Waals surface area contributed by atoms with Crippen molar-refractivity contribution in [1.29, 1.82) is 0 Å². The Kier molecular flexibility index (Phi) is 3.84. The van der Waals surface area contributed by atoms with Crippen molar-refractivity contribution in [2.24, 2.45) is 0 Å². The quantitative estimate of drug-likeness (QED) is 0.896. The van der Waals surface area contributed by atoms with Crippen molar-refractivity contribution in [3.8, 4) is 0 Å². The molecule has 2 rings (SSSR count). The molecule has 104 valence electrons. The average Bonchev–Trinajstić information content (AvgIpc) is 2.41. The fourth-order valence-corrected chi connectivity index (χ4v) is 1.91. The van der Waals surface area contributed by atoms with Gasteiger partial charge in [-0.25, -0.2) is 14.2 Å². The first-order valence-corrected chi connectivity index (χ1v) is 6.05. The summed E-state index contributed by atoms with van der Waals surface area (Å²) in [5, 5.41) is 9.07. The number of carbonyl (C=O) groups is 1. The van der Waals surface area contributed by atoms with Gasteiger partial charge in [-0.3, -0.25) is 0 Å². The van der Waals surface area contributed by atoms with Crippen molar-refractivity contribution in [3.63, 3.8) is 0 Å². The van der Waals surface area contributed by atoms with E-state index < -0.39 is 5.97 Å². The fraction of sp³-hybridized carbons (Fsp3) is 0.143. The molecule has 0 unspecified atom stereocenters. The predicted molar refractivity (Wildman–Crippen MR) is 74.7 cm³/mol. The van der Waals surface area contributed by atoms with Gasteiger partial charge in [-0.15, -0.1) is 0 Å². The summed E-state index contributed by atoms with van der Waals surface area (Å²) in [5.41, 5.74) is 6.24. The van der Waals surface area contributed by atoms with Crippen molar-refractivity contribution >= 4 is 23.2 Å². The maximum Gasteiger partial charge on any atom is 0.337 e. The molecule has 0 saturated heterocycles. The van der Waals surface area contributed by atoms with Gasteiger partial charge in [0.15, 0.2) is 0 Å². The highest BCUT2D eigenvalue weighted by molar-refractivity contribution is 5.94. The van der Waals surface area contributed by atoms with Crippen molar-refractivity contribution in [2.45, 2.75) is 6.92 Å². The topological polar surface area (TPSA) is 79.5 Å². The molecule has 0 aliphatic rings. The molecular formula is C14H14FN3O2. The lowest BCUT2D eigenvalue weighted by Gasteiger charge is -2.22. The lowest BCUT2D eigenvalue weighted by Crippen LogP contribution is -2.18. The number of nitrogens with zero attached hydrogens (tertiary/aromatic N) is 2. The number of benzene rings is 1. The minimum atomic E-state index is -1.12. The highest BCUT2D eigenvalue weighted by Crippen LogP contribution is 2.26. The molecule has 6 heteroatoms. The number of nitrogens with two attached hydrogens (primary N) is 1. The van der Waals surface area contributed by atoms with Crippen LogP contribution in [-0.2, 0) is 0 Å². The van der Waals surface area contributed by atoms with E-state index in [-0.39, 0.29) is 17.1 Å². The summed E-state index contributed by atoms with van der Waals surface area (Å²) in [6.45, 7) is 2.38. The van der Waals surface area contributed by atoms with Crippen molar-refractivity contribution in [1.82, 2.24) is 4.98 Å². The summed E-state index contributed by atoms with van der Waals surface area (Å²) < 4.78 is 13.3. The van der Waals surface area contributed by atoms with Gasteiger partial charge in [-0.2, -0.15) is 0 Å². The van der Waals surface area contributed by atoms with Crippen LogP contribution in [0.25, 0.3) is 0 Å². The number of rotatable bonds is 4. The monoisotopic (exact) mass is 275 g/mol. The highest BCUT2D eigenvalue weighted by Gasteiger charge is 2.14. The Morgan fingerprint density at radius 1 is 1.45 bits per heavy atom. The van der Waals surface area contributed by atoms with E-state index in [1.165, 1.54) is 24.4 Å². The molecule has 1 aromatic carbocycles. The zero-order chi connectivity index (χ0) is 14.7. The zero-order valence-electron chi connectivity index (χ0n) is 10.9. The third-order valence-corrected chi connectivity index (χ3v) is 2.86. The fourth-order valence-electron chi connectivity index (χ4n) is 1.91. The SMILES string of the molecule is CCN(c1cccc(F)c1)c1cc(C(=O)O)c(N)cn1. The predicted octanol–water partition coefficient (Wildman–Crippen LogP) is 2.66. The Balaban J connectivity index is 2.47. The number of pyridine rings is 1. The molecule has 0 aliphatic carbocycles. The van der Waals surface area contributed by atoms with E-state index in [1.54, 1.807) is 17.0 Å². The van der Waals surface area contributed by atoms with Crippen LogP contribution in [0.4, 0.5) is 21.6 Å². The van der Waals surface area contributed by atoms with Crippen LogP contribution >= 0.6 is 0 Å². The standard InChI is InChI=1S/C14H14FN3O2/c1-2-18(10-5-3-4-9(15)6-10)13-7-11(14(19)20)12(16)8-17-13/h3-8H,2,16H2,1H3,(H,19,20). The van der Waals surface area contributed by atoms with E-state index in [2.05, 4.69) is 4.98 Å². The Hall–Kier alpha value is -2.63. The Morgan fingerprint density at radius 3 is 2.80 bits per heavy atom. The number of anilines is 3. The molecular weight excluding hydrogens is 261 g/mol. The number of hydrogen-bond donors (Lipinski definition) is 2. The normalized spacial score (nSPS) is 10.3. The molecule has 0 bridgehead atoms. The lowest BCUT2D eigenvalue weighted by atomic mass is 10.2. The van der Waals surface area contributed by atoms with Gasteiger partial charge < -0.3 is 15.7 Å². The molecule has 0 aliphatic heterocycles. The number of hydrogen-bond acceptors (Lipinski definition) is 4. The van der Waals surface area contributed by atoms with Crippen LogP contribution in [0.5, 0.6) is 0 Å². The van der Waals surface area contributed by atoms with Gasteiger partial charge in [0.05, 0.1) is 17.4 Å². The first kappa shape index (κ1) is 13.8. The molecule has 3 N–H and O–H groups in total. The molecule has 0 spiro atoms. The molecule has 1 heterocycles. The van der Waals surface area contributed by atoms with Gasteiger partial charge in [0, 0.05) is 12.2 Å². The Bertz CT molecular complexity index is 646. The first-order chi connectivity index (χ1) is 9.52. The number of aromatic nitrogens is 1. The van der Waals surface area contributed by atoms with E-state index in [9.17, 15) is 9.18 Å². The van der Waals surface area contributed by atoms with Gasteiger partial charge in [-0.05, 0) is 31.2 Å².